The van der Waals surface area contributed by atoms with Crippen LogP contribution in [0.1, 0.15) is 24.4 Å². The number of anilines is 1. The van der Waals surface area contributed by atoms with Crippen LogP contribution in [0.5, 0.6) is 5.75 Å². The first-order valence-electron chi connectivity index (χ1n) is 10.7. The highest BCUT2D eigenvalue weighted by atomic mass is 35.5. The highest BCUT2D eigenvalue weighted by Gasteiger charge is 2.34. The Labute approximate surface area is 207 Å². The molecule has 0 fully saturated rings. The second-order valence-corrected chi connectivity index (χ2v) is 8.59. The molecule has 3 aromatic carbocycles. The summed E-state index contributed by atoms with van der Waals surface area (Å²) in [6, 6.07) is 24.9. The molecule has 0 bridgehead atoms. The number of thiocarbonyl (C=S) groups is 1. The zero-order chi connectivity index (χ0) is 23.7. The Morgan fingerprint density at radius 1 is 1.03 bits per heavy atom. The van der Waals surface area contributed by atoms with E-state index in [1.165, 1.54) is 0 Å². The molecule has 1 aliphatic rings. The van der Waals surface area contributed by atoms with Gasteiger partial charge in [-0.1, -0.05) is 65.3 Å². The lowest BCUT2D eigenvalue weighted by Crippen LogP contribution is -2.46. The van der Waals surface area contributed by atoms with Crippen LogP contribution in [0, 0.1) is 0 Å². The summed E-state index contributed by atoms with van der Waals surface area (Å²) < 4.78 is 11.1. The average Bonchev–Trinajstić information content (AvgIpc) is 3.34. The standard InChI is InChI=1S/C26H21ClN4O2S/c1-16-22(25-29-24(30-33-25)18-10-6-13-21(14-18)32-2)23(17-8-4-3-5-9-17)28-26(34)31(16)20-12-7-11-19(27)15-20/h3-15,23H,1-2H3,(H,28,34). The van der Waals surface area contributed by atoms with Crippen LogP contribution in [0.15, 0.2) is 89.1 Å². The van der Waals surface area contributed by atoms with Crippen molar-refractivity contribution in [1.82, 2.24) is 15.5 Å². The first-order valence-corrected chi connectivity index (χ1v) is 11.4. The summed E-state index contributed by atoms with van der Waals surface area (Å²) in [6.07, 6.45) is 0. The van der Waals surface area contributed by atoms with Crippen molar-refractivity contribution < 1.29 is 9.26 Å². The summed E-state index contributed by atoms with van der Waals surface area (Å²) in [5.74, 6) is 1.60. The van der Waals surface area contributed by atoms with Crippen molar-refractivity contribution in [2.24, 2.45) is 0 Å². The maximum absolute atomic E-state index is 6.28. The molecule has 0 spiro atoms. The maximum atomic E-state index is 6.28. The van der Waals surface area contributed by atoms with Gasteiger partial charge in [-0.25, -0.2) is 0 Å². The van der Waals surface area contributed by atoms with Crippen molar-refractivity contribution in [3.63, 3.8) is 0 Å². The number of rotatable bonds is 5. The molecular formula is C26H21ClN4O2S. The van der Waals surface area contributed by atoms with Crippen LogP contribution in [-0.4, -0.2) is 22.4 Å². The molecule has 1 unspecified atom stereocenters. The maximum Gasteiger partial charge on any atom is 0.258 e. The predicted octanol–water partition coefficient (Wildman–Crippen LogP) is 6.27. The predicted molar refractivity (Wildman–Crippen MR) is 138 cm³/mol. The third-order valence-electron chi connectivity index (χ3n) is 5.67. The van der Waals surface area contributed by atoms with Crippen molar-refractivity contribution >= 4 is 40.2 Å². The number of methoxy groups -OCH3 is 1. The number of aromatic nitrogens is 2. The fourth-order valence-corrected chi connectivity index (χ4v) is 4.60. The summed E-state index contributed by atoms with van der Waals surface area (Å²) in [5, 5.41) is 8.89. The van der Waals surface area contributed by atoms with Gasteiger partial charge in [0.15, 0.2) is 5.11 Å². The van der Waals surface area contributed by atoms with Gasteiger partial charge in [0.05, 0.1) is 18.7 Å². The number of hydrogen-bond acceptors (Lipinski definition) is 5. The van der Waals surface area contributed by atoms with Gasteiger partial charge in [0.2, 0.25) is 5.82 Å². The number of nitrogens with zero attached hydrogens (tertiary/aromatic N) is 3. The van der Waals surface area contributed by atoms with E-state index in [0.717, 1.165) is 33.8 Å². The minimum atomic E-state index is -0.261. The van der Waals surface area contributed by atoms with Gasteiger partial charge in [0.1, 0.15) is 5.75 Å². The quantitative estimate of drug-likeness (QED) is 0.332. The summed E-state index contributed by atoms with van der Waals surface area (Å²) in [4.78, 5) is 6.69. The minimum absolute atomic E-state index is 0.261. The SMILES string of the molecule is COc1cccc(-c2noc(C3=C(C)N(c4cccc(Cl)c4)C(=S)NC3c3ccccc3)n2)c1. The van der Waals surface area contributed by atoms with Crippen LogP contribution in [0.3, 0.4) is 0 Å². The van der Waals surface area contributed by atoms with E-state index in [4.69, 9.17) is 38.1 Å². The summed E-state index contributed by atoms with van der Waals surface area (Å²) in [6.45, 7) is 1.99. The van der Waals surface area contributed by atoms with E-state index in [1.807, 2.05) is 90.7 Å². The first kappa shape index (κ1) is 22.1. The number of halogens is 1. The molecule has 6 nitrogen and oxygen atoms in total. The zero-order valence-corrected chi connectivity index (χ0v) is 20.1. The average molecular weight is 489 g/mol. The second-order valence-electron chi connectivity index (χ2n) is 7.76. The molecule has 1 aromatic heterocycles. The third-order valence-corrected chi connectivity index (χ3v) is 6.20. The summed E-state index contributed by atoms with van der Waals surface area (Å²) in [7, 11) is 1.63. The number of nitrogens with one attached hydrogen (secondary N) is 1. The smallest absolute Gasteiger partial charge is 0.258 e. The summed E-state index contributed by atoms with van der Waals surface area (Å²) >= 11 is 12.1. The Balaban J connectivity index is 1.65. The molecule has 4 aromatic rings. The lowest BCUT2D eigenvalue weighted by Gasteiger charge is -2.37. The van der Waals surface area contributed by atoms with Crippen LogP contribution in [0.25, 0.3) is 17.0 Å². The van der Waals surface area contributed by atoms with E-state index < -0.39 is 0 Å². The molecule has 0 radical (unpaired) electrons. The minimum Gasteiger partial charge on any atom is -0.497 e. The van der Waals surface area contributed by atoms with Crippen LogP contribution in [0.4, 0.5) is 5.69 Å². The van der Waals surface area contributed by atoms with Crippen LogP contribution in [-0.2, 0) is 0 Å². The second kappa shape index (κ2) is 9.29. The van der Waals surface area contributed by atoms with E-state index in [-0.39, 0.29) is 6.04 Å². The molecular weight excluding hydrogens is 468 g/mol. The number of hydrogen-bond donors (Lipinski definition) is 1. The molecule has 0 saturated heterocycles. The van der Waals surface area contributed by atoms with E-state index in [0.29, 0.717) is 21.9 Å². The molecule has 34 heavy (non-hydrogen) atoms. The van der Waals surface area contributed by atoms with Gasteiger partial charge in [-0.05, 0) is 55.0 Å². The highest BCUT2D eigenvalue weighted by molar-refractivity contribution is 7.80. The Kier molecular flexibility index (Phi) is 6.04. The van der Waals surface area contributed by atoms with E-state index in [9.17, 15) is 0 Å². The molecule has 1 N–H and O–H groups in total. The van der Waals surface area contributed by atoms with Gasteiger partial charge in [0, 0.05) is 22.0 Å². The van der Waals surface area contributed by atoms with E-state index >= 15 is 0 Å². The molecule has 1 atom stereocenters. The molecule has 2 heterocycles. The van der Waals surface area contributed by atoms with Gasteiger partial charge in [-0.15, -0.1) is 0 Å². The van der Waals surface area contributed by atoms with Gasteiger partial charge in [-0.2, -0.15) is 4.98 Å². The first-order chi connectivity index (χ1) is 16.5. The van der Waals surface area contributed by atoms with Crippen molar-refractivity contribution in [2.45, 2.75) is 13.0 Å². The fourth-order valence-electron chi connectivity index (χ4n) is 4.05. The molecule has 8 heteroatoms. The molecule has 0 saturated carbocycles. The van der Waals surface area contributed by atoms with Gasteiger partial charge in [0.25, 0.3) is 5.89 Å². The Morgan fingerprint density at radius 3 is 2.59 bits per heavy atom. The number of allylic oxidation sites excluding steroid dienone is 1. The topological polar surface area (TPSA) is 63.4 Å². The number of benzene rings is 3. The van der Waals surface area contributed by atoms with Crippen molar-refractivity contribution in [3.8, 4) is 17.1 Å². The molecule has 0 amide bonds. The van der Waals surface area contributed by atoms with Crippen LogP contribution in [0.2, 0.25) is 5.02 Å². The van der Waals surface area contributed by atoms with Gasteiger partial charge >= 0.3 is 0 Å². The summed E-state index contributed by atoms with van der Waals surface area (Å²) in [5.41, 5.74) is 4.39. The van der Waals surface area contributed by atoms with E-state index in [1.54, 1.807) is 7.11 Å². The molecule has 0 aliphatic carbocycles. The molecule has 5 rings (SSSR count). The van der Waals surface area contributed by atoms with Gasteiger partial charge in [-0.3, -0.25) is 4.90 Å². The third kappa shape index (κ3) is 4.16. The monoisotopic (exact) mass is 488 g/mol. The normalized spacial score (nSPS) is 15.9. The lowest BCUT2D eigenvalue weighted by molar-refractivity contribution is 0.403. The fraction of sp³-hybridized carbons (Fsp3) is 0.115. The van der Waals surface area contributed by atoms with Crippen LogP contribution >= 0.6 is 23.8 Å². The molecule has 170 valence electrons. The Morgan fingerprint density at radius 2 is 1.82 bits per heavy atom. The Hall–Kier alpha value is -3.68. The number of ether oxygens (including phenoxy) is 1. The zero-order valence-electron chi connectivity index (χ0n) is 18.5. The van der Waals surface area contributed by atoms with Gasteiger partial charge < -0.3 is 14.6 Å². The Bertz CT molecular complexity index is 1390. The van der Waals surface area contributed by atoms with Crippen molar-refractivity contribution in [2.75, 3.05) is 12.0 Å². The highest BCUT2D eigenvalue weighted by Crippen LogP contribution is 2.39. The van der Waals surface area contributed by atoms with Crippen molar-refractivity contribution in [3.05, 3.63) is 101 Å². The van der Waals surface area contributed by atoms with Crippen molar-refractivity contribution in [1.29, 1.82) is 0 Å². The lowest BCUT2D eigenvalue weighted by atomic mass is 9.94. The largest absolute Gasteiger partial charge is 0.497 e. The van der Waals surface area contributed by atoms with Crippen LogP contribution < -0.4 is 15.0 Å². The van der Waals surface area contributed by atoms with E-state index in [2.05, 4.69) is 10.5 Å². The molecule has 1 aliphatic heterocycles.